The molecule has 5 rings (SSSR count). The van der Waals surface area contributed by atoms with Gasteiger partial charge in [0.2, 0.25) is 10.8 Å². The molecule has 1 spiro atoms. The molecular weight excluding hydrogens is 404 g/mol. The van der Waals surface area contributed by atoms with Gasteiger partial charge in [-0.3, -0.25) is 14.5 Å². The van der Waals surface area contributed by atoms with Crippen LogP contribution in [0.5, 0.6) is 0 Å². The highest BCUT2D eigenvalue weighted by molar-refractivity contribution is 8.02. The lowest BCUT2D eigenvalue weighted by Gasteiger charge is -2.33. The van der Waals surface area contributed by atoms with E-state index in [2.05, 4.69) is 0 Å². The van der Waals surface area contributed by atoms with E-state index in [-0.39, 0.29) is 17.6 Å². The molecule has 3 aromatic carbocycles. The van der Waals surface area contributed by atoms with Crippen molar-refractivity contribution in [3.05, 3.63) is 95.0 Å². The molecule has 0 aliphatic carbocycles. The molecule has 0 bridgehead atoms. The highest BCUT2D eigenvalue weighted by atomic mass is 35.5. The predicted molar refractivity (Wildman–Crippen MR) is 117 cm³/mol. The Labute approximate surface area is 178 Å². The van der Waals surface area contributed by atoms with E-state index in [0.29, 0.717) is 11.6 Å². The van der Waals surface area contributed by atoms with E-state index in [0.717, 1.165) is 22.5 Å². The van der Waals surface area contributed by atoms with Crippen LogP contribution in [-0.4, -0.2) is 17.6 Å². The first kappa shape index (κ1) is 18.3. The number of rotatable bonds is 3. The molecule has 2 amide bonds. The van der Waals surface area contributed by atoms with E-state index in [1.54, 1.807) is 9.80 Å². The molecule has 29 heavy (non-hydrogen) atoms. The van der Waals surface area contributed by atoms with Gasteiger partial charge < -0.3 is 4.90 Å². The smallest absolute Gasteiger partial charge is 0.269 e. The molecule has 2 aliphatic heterocycles. The first-order chi connectivity index (χ1) is 14.1. The Hall–Kier alpha value is -2.76. The molecule has 2 heterocycles. The Morgan fingerprint density at radius 2 is 1.59 bits per heavy atom. The number of para-hydroxylation sites is 2. The standard InChI is InChI=1S/C23H17ClN2O2S/c24-19-12-6-4-8-16(19)14-25-20-13-7-5-11-18(20)23(22(25)28)26(21(27)15-29-23)17-9-2-1-3-10-17/h1-13H,14-15H2/t23-/m1/s1. The van der Waals surface area contributed by atoms with Gasteiger partial charge >= 0.3 is 0 Å². The maximum Gasteiger partial charge on any atom is 0.269 e. The van der Waals surface area contributed by atoms with Gasteiger partial charge in [-0.2, -0.15) is 0 Å². The lowest BCUT2D eigenvalue weighted by molar-refractivity contribution is -0.123. The zero-order chi connectivity index (χ0) is 20.0. The number of benzene rings is 3. The van der Waals surface area contributed by atoms with Crippen molar-refractivity contribution >= 4 is 46.6 Å². The monoisotopic (exact) mass is 420 g/mol. The molecule has 2 aliphatic rings. The normalized spacial score (nSPS) is 20.6. The first-order valence-corrected chi connectivity index (χ1v) is 10.7. The quantitative estimate of drug-likeness (QED) is 0.610. The van der Waals surface area contributed by atoms with E-state index in [1.807, 2.05) is 78.9 Å². The highest BCUT2D eigenvalue weighted by Crippen LogP contribution is 2.55. The van der Waals surface area contributed by atoms with Crippen molar-refractivity contribution in [3.63, 3.8) is 0 Å². The van der Waals surface area contributed by atoms with Crippen LogP contribution >= 0.6 is 23.4 Å². The average Bonchev–Trinajstić information content (AvgIpc) is 3.21. The van der Waals surface area contributed by atoms with Gasteiger partial charge in [-0.25, -0.2) is 0 Å². The number of hydrogen-bond donors (Lipinski definition) is 0. The summed E-state index contributed by atoms with van der Waals surface area (Å²) in [5.74, 6) is 0.0804. The number of anilines is 2. The summed E-state index contributed by atoms with van der Waals surface area (Å²) >= 11 is 7.75. The zero-order valence-corrected chi connectivity index (χ0v) is 17.0. The maximum absolute atomic E-state index is 13.9. The summed E-state index contributed by atoms with van der Waals surface area (Å²) in [7, 11) is 0. The largest absolute Gasteiger partial charge is 0.304 e. The fraction of sp³-hybridized carbons (Fsp3) is 0.130. The Balaban J connectivity index is 1.66. The Kier molecular flexibility index (Phi) is 4.37. The second kappa shape index (κ2) is 6.94. The molecule has 3 aromatic rings. The highest BCUT2D eigenvalue weighted by Gasteiger charge is 2.60. The lowest BCUT2D eigenvalue weighted by atomic mass is 10.0. The number of hydrogen-bond acceptors (Lipinski definition) is 3. The van der Waals surface area contributed by atoms with Crippen molar-refractivity contribution in [2.45, 2.75) is 11.4 Å². The van der Waals surface area contributed by atoms with Crippen LogP contribution < -0.4 is 9.80 Å². The van der Waals surface area contributed by atoms with Crippen molar-refractivity contribution in [1.82, 2.24) is 0 Å². The molecule has 0 radical (unpaired) electrons. The minimum atomic E-state index is -1.09. The fourth-order valence-electron chi connectivity index (χ4n) is 4.09. The predicted octanol–water partition coefficient (Wildman–Crippen LogP) is 4.82. The summed E-state index contributed by atoms with van der Waals surface area (Å²) in [5.41, 5.74) is 3.26. The number of amides is 2. The number of fused-ring (bicyclic) bond motifs is 2. The average molecular weight is 421 g/mol. The number of nitrogens with zero attached hydrogens (tertiary/aromatic N) is 2. The first-order valence-electron chi connectivity index (χ1n) is 9.30. The van der Waals surface area contributed by atoms with Gasteiger partial charge in [0.15, 0.2) is 0 Å². The third kappa shape index (κ3) is 2.69. The summed E-state index contributed by atoms with van der Waals surface area (Å²) in [6.07, 6.45) is 0. The van der Waals surface area contributed by atoms with Crippen molar-refractivity contribution in [2.24, 2.45) is 0 Å². The van der Waals surface area contributed by atoms with Crippen molar-refractivity contribution in [3.8, 4) is 0 Å². The molecule has 1 fully saturated rings. The van der Waals surface area contributed by atoms with E-state index >= 15 is 0 Å². The molecule has 1 saturated heterocycles. The van der Waals surface area contributed by atoms with Gasteiger partial charge in [-0.1, -0.05) is 66.2 Å². The molecule has 4 nitrogen and oxygen atoms in total. The van der Waals surface area contributed by atoms with Crippen LogP contribution in [0.1, 0.15) is 11.1 Å². The summed E-state index contributed by atoms with van der Waals surface area (Å²) in [5, 5.41) is 0.619. The van der Waals surface area contributed by atoms with Crippen molar-refractivity contribution in [1.29, 1.82) is 0 Å². The van der Waals surface area contributed by atoms with Crippen molar-refractivity contribution in [2.75, 3.05) is 15.6 Å². The molecule has 144 valence electrons. The van der Waals surface area contributed by atoms with Gasteiger partial charge in [0, 0.05) is 16.3 Å². The number of thioether (sulfide) groups is 1. The molecule has 0 saturated carbocycles. The molecule has 0 unspecified atom stereocenters. The molecule has 0 aromatic heterocycles. The van der Waals surface area contributed by atoms with Crippen LogP contribution in [0, 0.1) is 0 Å². The van der Waals surface area contributed by atoms with E-state index in [1.165, 1.54) is 11.8 Å². The maximum atomic E-state index is 13.9. The minimum Gasteiger partial charge on any atom is -0.304 e. The SMILES string of the molecule is O=C1CS[C@]2(C(=O)N(Cc3ccccc3Cl)c3ccccc32)N1c1ccccc1. The third-order valence-corrected chi connectivity index (χ3v) is 7.12. The molecule has 6 heteroatoms. The van der Waals surface area contributed by atoms with Gasteiger partial charge in [0.05, 0.1) is 18.0 Å². The van der Waals surface area contributed by atoms with Gasteiger partial charge in [-0.05, 0) is 29.8 Å². The number of carbonyl (C=O) groups is 2. The van der Waals surface area contributed by atoms with Crippen LogP contribution in [-0.2, 0) is 21.0 Å². The van der Waals surface area contributed by atoms with Crippen LogP contribution in [0.15, 0.2) is 78.9 Å². The molecule has 0 N–H and O–H groups in total. The van der Waals surface area contributed by atoms with E-state index in [9.17, 15) is 9.59 Å². The summed E-state index contributed by atoms with van der Waals surface area (Å²) in [4.78, 5) is 29.1. The third-order valence-electron chi connectivity index (χ3n) is 5.36. The second-order valence-electron chi connectivity index (χ2n) is 7.00. The molecule has 1 atom stereocenters. The number of carbonyl (C=O) groups excluding carboxylic acids is 2. The van der Waals surface area contributed by atoms with Gasteiger partial charge in [0.1, 0.15) is 0 Å². The van der Waals surface area contributed by atoms with Crippen LogP contribution in [0.25, 0.3) is 0 Å². The topological polar surface area (TPSA) is 40.6 Å². The molecular formula is C23H17ClN2O2S. The van der Waals surface area contributed by atoms with Gasteiger partial charge in [0.25, 0.3) is 5.91 Å². The zero-order valence-electron chi connectivity index (χ0n) is 15.4. The Morgan fingerprint density at radius 1 is 0.897 bits per heavy atom. The summed E-state index contributed by atoms with van der Waals surface area (Å²) in [6.45, 7) is 0.356. The Morgan fingerprint density at radius 3 is 2.38 bits per heavy atom. The van der Waals surface area contributed by atoms with Crippen molar-refractivity contribution < 1.29 is 9.59 Å². The van der Waals surface area contributed by atoms with Crippen LogP contribution in [0.3, 0.4) is 0 Å². The van der Waals surface area contributed by atoms with Crippen LogP contribution in [0.2, 0.25) is 5.02 Å². The minimum absolute atomic E-state index is 0.0658. The second-order valence-corrected chi connectivity index (χ2v) is 8.57. The van der Waals surface area contributed by atoms with E-state index in [4.69, 9.17) is 11.6 Å². The summed E-state index contributed by atoms with van der Waals surface area (Å²) in [6, 6.07) is 24.6. The van der Waals surface area contributed by atoms with Gasteiger partial charge in [-0.15, -0.1) is 11.8 Å². The van der Waals surface area contributed by atoms with E-state index < -0.39 is 4.87 Å². The fourth-order valence-corrected chi connectivity index (χ4v) is 5.64. The summed E-state index contributed by atoms with van der Waals surface area (Å²) < 4.78 is 0. The lowest BCUT2D eigenvalue weighted by Crippen LogP contribution is -2.49. The van der Waals surface area contributed by atoms with Crippen LogP contribution in [0.4, 0.5) is 11.4 Å². The Bertz CT molecular complexity index is 1120. The number of halogens is 1.